The van der Waals surface area contributed by atoms with Crippen molar-refractivity contribution in [1.29, 1.82) is 0 Å². The average Bonchev–Trinajstić information content (AvgIpc) is 2.41. The smallest absolute Gasteiger partial charge is 0.240 e. The van der Waals surface area contributed by atoms with E-state index in [0.717, 1.165) is 18.8 Å². The van der Waals surface area contributed by atoms with Gasteiger partial charge >= 0.3 is 0 Å². The van der Waals surface area contributed by atoms with E-state index < -0.39 is 10.0 Å². The lowest BCUT2D eigenvalue weighted by atomic mass is 9.83. The molecule has 0 amide bonds. The van der Waals surface area contributed by atoms with Crippen LogP contribution in [0, 0.1) is 11.8 Å². The van der Waals surface area contributed by atoms with Crippen LogP contribution in [-0.2, 0) is 10.0 Å². The van der Waals surface area contributed by atoms with E-state index in [1.54, 1.807) is 0 Å². The summed E-state index contributed by atoms with van der Waals surface area (Å²) in [6.07, 6.45) is 4.54. The molecule has 0 radical (unpaired) electrons. The average molecular weight is 317 g/mol. The maximum absolute atomic E-state index is 12.2. The molecule has 4 nitrogen and oxygen atoms in total. The number of nitrogen functional groups attached to an aromatic ring is 1. The first kappa shape index (κ1) is 15.6. The van der Waals surface area contributed by atoms with E-state index in [4.69, 9.17) is 17.3 Å². The molecule has 112 valence electrons. The summed E-state index contributed by atoms with van der Waals surface area (Å²) in [6, 6.07) is 4.38. The summed E-state index contributed by atoms with van der Waals surface area (Å²) in [6.45, 7) is 2.74. The minimum absolute atomic E-state index is 0.170. The Balaban J connectivity index is 1.98. The summed E-state index contributed by atoms with van der Waals surface area (Å²) in [5, 5.41) is 0.366. The molecule has 1 aliphatic rings. The minimum Gasteiger partial charge on any atom is -0.397 e. The van der Waals surface area contributed by atoms with Crippen molar-refractivity contribution in [3.05, 3.63) is 23.2 Å². The van der Waals surface area contributed by atoms with Gasteiger partial charge in [-0.2, -0.15) is 0 Å². The highest BCUT2D eigenvalue weighted by molar-refractivity contribution is 7.89. The lowest BCUT2D eigenvalue weighted by molar-refractivity contribution is 0.290. The van der Waals surface area contributed by atoms with Gasteiger partial charge in [-0.1, -0.05) is 31.4 Å². The monoisotopic (exact) mass is 316 g/mol. The molecule has 0 bridgehead atoms. The van der Waals surface area contributed by atoms with E-state index >= 15 is 0 Å². The van der Waals surface area contributed by atoms with Crippen LogP contribution in [0.3, 0.4) is 0 Å². The molecule has 2 rings (SSSR count). The maximum atomic E-state index is 12.2. The summed E-state index contributed by atoms with van der Waals surface area (Å²) < 4.78 is 27.1. The molecule has 1 fully saturated rings. The Hall–Kier alpha value is -0.780. The van der Waals surface area contributed by atoms with Crippen LogP contribution >= 0.6 is 11.6 Å². The zero-order valence-corrected chi connectivity index (χ0v) is 13.2. The lowest BCUT2D eigenvalue weighted by Gasteiger charge is -2.26. The van der Waals surface area contributed by atoms with Gasteiger partial charge in [0, 0.05) is 6.54 Å². The second-order valence-electron chi connectivity index (χ2n) is 5.66. The second kappa shape index (κ2) is 6.33. The van der Waals surface area contributed by atoms with Gasteiger partial charge in [-0.15, -0.1) is 0 Å². The molecule has 1 saturated carbocycles. The zero-order valence-electron chi connectivity index (χ0n) is 11.6. The molecule has 6 heteroatoms. The predicted molar refractivity (Wildman–Crippen MR) is 82.2 cm³/mol. The van der Waals surface area contributed by atoms with Gasteiger partial charge in [0.1, 0.15) is 0 Å². The molecule has 1 aliphatic carbocycles. The molecule has 0 aliphatic heterocycles. The molecule has 0 heterocycles. The Labute approximate surface area is 125 Å². The van der Waals surface area contributed by atoms with Crippen LogP contribution < -0.4 is 10.5 Å². The Bertz CT molecular complexity index is 567. The molecule has 20 heavy (non-hydrogen) atoms. The van der Waals surface area contributed by atoms with Gasteiger partial charge in [-0.05, 0) is 42.9 Å². The topological polar surface area (TPSA) is 72.2 Å². The number of hydrogen-bond donors (Lipinski definition) is 2. The van der Waals surface area contributed by atoms with Crippen LogP contribution in [0.5, 0.6) is 0 Å². The molecule has 0 saturated heterocycles. The Morgan fingerprint density at radius 1 is 1.30 bits per heavy atom. The number of sulfonamides is 1. The molecule has 1 aromatic carbocycles. The molecule has 0 spiro atoms. The van der Waals surface area contributed by atoms with Crippen LogP contribution in [0.25, 0.3) is 0 Å². The second-order valence-corrected chi connectivity index (χ2v) is 7.84. The van der Waals surface area contributed by atoms with Gasteiger partial charge in [0.05, 0.1) is 15.6 Å². The number of halogens is 1. The van der Waals surface area contributed by atoms with Crippen LogP contribution in [0.1, 0.15) is 32.6 Å². The number of anilines is 1. The minimum atomic E-state index is -3.50. The van der Waals surface area contributed by atoms with Gasteiger partial charge in [0.15, 0.2) is 0 Å². The fourth-order valence-corrected chi connectivity index (χ4v) is 3.80. The number of rotatable bonds is 4. The summed E-state index contributed by atoms with van der Waals surface area (Å²) >= 11 is 5.80. The van der Waals surface area contributed by atoms with E-state index in [2.05, 4.69) is 11.6 Å². The number of nitrogens with one attached hydrogen (secondary N) is 1. The number of benzene rings is 1. The Morgan fingerprint density at radius 2 is 1.95 bits per heavy atom. The highest BCUT2D eigenvalue weighted by Gasteiger charge is 2.21. The van der Waals surface area contributed by atoms with Gasteiger partial charge in [0.25, 0.3) is 0 Å². The number of nitrogens with two attached hydrogens (primary N) is 1. The largest absolute Gasteiger partial charge is 0.397 e. The van der Waals surface area contributed by atoms with Crippen molar-refractivity contribution in [3.8, 4) is 0 Å². The van der Waals surface area contributed by atoms with E-state index in [9.17, 15) is 8.42 Å². The van der Waals surface area contributed by atoms with Crippen molar-refractivity contribution in [2.75, 3.05) is 12.3 Å². The van der Waals surface area contributed by atoms with Crippen molar-refractivity contribution in [3.63, 3.8) is 0 Å². The van der Waals surface area contributed by atoms with Gasteiger partial charge in [-0.3, -0.25) is 0 Å². The highest BCUT2D eigenvalue weighted by atomic mass is 35.5. The Morgan fingerprint density at radius 3 is 2.55 bits per heavy atom. The first-order valence-electron chi connectivity index (χ1n) is 6.93. The summed E-state index contributed by atoms with van der Waals surface area (Å²) in [5.41, 5.74) is 5.93. The van der Waals surface area contributed by atoms with Crippen molar-refractivity contribution in [2.24, 2.45) is 11.8 Å². The standard InChI is InChI=1S/C14H21ClN2O2S/c1-10-2-4-11(5-3-10)9-17-20(18,19)12-6-7-13(15)14(16)8-12/h6-8,10-11,17H,2-5,9,16H2,1H3. The summed E-state index contributed by atoms with van der Waals surface area (Å²) in [7, 11) is -3.50. The summed E-state index contributed by atoms with van der Waals surface area (Å²) in [4.78, 5) is 0.170. The third kappa shape index (κ3) is 3.87. The van der Waals surface area contributed by atoms with E-state index in [-0.39, 0.29) is 10.6 Å². The van der Waals surface area contributed by atoms with Crippen LogP contribution in [0.4, 0.5) is 5.69 Å². The van der Waals surface area contributed by atoms with Crippen LogP contribution in [0.2, 0.25) is 5.02 Å². The molecular weight excluding hydrogens is 296 g/mol. The van der Waals surface area contributed by atoms with Crippen molar-refractivity contribution in [1.82, 2.24) is 4.72 Å². The third-order valence-corrected chi connectivity index (χ3v) is 5.74. The van der Waals surface area contributed by atoms with E-state index in [0.29, 0.717) is 17.5 Å². The van der Waals surface area contributed by atoms with E-state index in [1.807, 2.05) is 0 Å². The number of hydrogen-bond acceptors (Lipinski definition) is 3. The molecule has 1 aromatic rings. The van der Waals surface area contributed by atoms with Crippen molar-refractivity contribution < 1.29 is 8.42 Å². The quantitative estimate of drug-likeness (QED) is 0.839. The molecule has 0 unspecified atom stereocenters. The highest BCUT2D eigenvalue weighted by Crippen LogP contribution is 2.28. The lowest BCUT2D eigenvalue weighted by Crippen LogP contribution is -2.31. The fourth-order valence-electron chi connectivity index (χ4n) is 2.53. The summed E-state index contributed by atoms with van der Waals surface area (Å²) in [5.74, 6) is 1.20. The molecule has 3 N–H and O–H groups in total. The molecular formula is C14H21ClN2O2S. The Kier molecular flexibility index (Phi) is 4.94. The SMILES string of the molecule is CC1CCC(CNS(=O)(=O)c2ccc(Cl)c(N)c2)CC1. The van der Waals surface area contributed by atoms with Crippen LogP contribution in [-0.4, -0.2) is 15.0 Å². The van der Waals surface area contributed by atoms with Crippen molar-refractivity contribution in [2.45, 2.75) is 37.5 Å². The molecule has 0 atom stereocenters. The van der Waals surface area contributed by atoms with Crippen molar-refractivity contribution >= 4 is 27.3 Å². The van der Waals surface area contributed by atoms with Crippen LogP contribution in [0.15, 0.2) is 23.1 Å². The van der Waals surface area contributed by atoms with E-state index in [1.165, 1.54) is 31.0 Å². The fraction of sp³-hybridized carbons (Fsp3) is 0.571. The normalized spacial score (nSPS) is 23.7. The van der Waals surface area contributed by atoms with Gasteiger partial charge in [0.2, 0.25) is 10.0 Å². The van der Waals surface area contributed by atoms with Gasteiger partial charge in [-0.25, -0.2) is 13.1 Å². The predicted octanol–water partition coefficient (Wildman–Crippen LogP) is 3.03. The third-order valence-electron chi connectivity index (χ3n) is 3.98. The first-order valence-corrected chi connectivity index (χ1v) is 8.79. The van der Waals surface area contributed by atoms with Gasteiger partial charge < -0.3 is 5.73 Å². The molecule has 0 aromatic heterocycles. The first-order chi connectivity index (χ1) is 9.38. The maximum Gasteiger partial charge on any atom is 0.240 e. The zero-order chi connectivity index (χ0) is 14.8.